The highest BCUT2D eigenvalue weighted by atomic mass is 15.1. The Morgan fingerprint density at radius 2 is 0.826 bits per heavy atom. The largest absolute Gasteiger partial charge is 0.150 e. The quantitative estimate of drug-likeness (QED) is 0.540. The van der Waals surface area contributed by atoms with Crippen molar-refractivity contribution in [1.82, 2.24) is 0 Å². The van der Waals surface area contributed by atoms with Gasteiger partial charge in [-0.05, 0) is 112 Å². The highest BCUT2D eigenvalue weighted by Gasteiger charge is 2.13. The van der Waals surface area contributed by atoms with E-state index in [1.54, 1.807) is 0 Å². The Bertz CT molecular complexity index is 732. The third-order valence-electron chi connectivity index (χ3n) is 5.42. The topological polar surface area (TPSA) is 24.7 Å². The van der Waals surface area contributed by atoms with Gasteiger partial charge in [0.05, 0.1) is 12.7 Å². The standard InChI is InChI=1S/C21H28N2/c1-11-10-12(2)14(4)20(13(11)3)22-23-21-18(8)16(6)15(5)17(7)19(21)9/h10H,1-9H3/i10T. The molecule has 23 heavy (non-hydrogen) atoms. The van der Waals surface area contributed by atoms with Crippen LogP contribution in [0.1, 0.15) is 51.4 Å². The monoisotopic (exact) mass is 310 g/mol. The van der Waals surface area contributed by atoms with E-state index in [0.717, 1.165) is 33.6 Å². The molecule has 0 saturated carbocycles. The molecular formula is C21H28N2. The fourth-order valence-electron chi connectivity index (χ4n) is 2.99. The molecule has 0 aliphatic heterocycles. The zero-order valence-electron chi connectivity index (χ0n) is 16.9. The highest BCUT2D eigenvalue weighted by molar-refractivity contribution is 5.62. The lowest BCUT2D eigenvalue weighted by Gasteiger charge is -2.15. The maximum Gasteiger partial charge on any atom is 0.0920 e. The van der Waals surface area contributed by atoms with Crippen LogP contribution in [0.5, 0.6) is 0 Å². The van der Waals surface area contributed by atoms with Crippen LogP contribution in [0, 0.1) is 62.3 Å². The first-order valence-electron chi connectivity index (χ1n) is 8.65. The predicted octanol–water partition coefficient (Wildman–Crippen LogP) is 6.88. The van der Waals surface area contributed by atoms with Crippen molar-refractivity contribution in [3.8, 4) is 0 Å². The van der Waals surface area contributed by atoms with Crippen molar-refractivity contribution in [1.29, 1.82) is 0 Å². The summed E-state index contributed by atoms with van der Waals surface area (Å²) in [6, 6.07) is 0.610. The fourth-order valence-corrected chi connectivity index (χ4v) is 2.99. The molecule has 0 aliphatic carbocycles. The number of hydrogen-bond donors (Lipinski definition) is 0. The van der Waals surface area contributed by atoms with Crippen LogP contribution in [0.4, 0.5) is 11.4 Å². The van der Waals surface area contributed by atoms with E-state index in [-0.39, 0.29) is 0 Å². The molecule has 2 aromatic rings. The molecule has 0 aromatic heterocycles. The van der Waals surface area contributed by atoms with E-state index in [4.69, 9.17) is 1.37 Å². The molecule has 0 heterocycles. The van der Waals surface area contributed by atoms with Crippen molar-refractivity contribution in [3.05, 3.63) is 56.1 Å². The second-order valence-corrected chi connectivity index (χ2v) is 6.65. The van der Waals surface area contributed by atoms with Gasteiger partial charge in [0.2, 0.25) is 0 Å². The Hall–Kier alpha value is -1.96. The van der Waals surface area contributed by atoms with Gasteiger partial charge in [0.15, 0.2) is 0 Å². The van der Waals surface area contributed by atoms with E-state index in [1.165, 1.54) is 27.8 Å². The average Bonchev–Trinajstić information content (AvgIpc) is 2.57. The van der Waals surface area contributed by atoms with Crippen molar-refractivity contribution in [2.75, 3.05) is 0 Å². The Morgan fingerprint density at radius 1 is 0.522 bits per heavy atom. The summed E-state index contributed by atoms with van der Waals surface area (Å²) in [6.07, 6.45) is 0. The van der Waals surface area contributed by atoms with Crippen molar-refractivity contribution in [2.24, 2.45) is 10.2 Å². The number of hydrogen-bond acceptors (Lipinski definition) is 2. The molecular weight excluding hydrogens is 280 g/mol. The molecule has 122 valence electrons. The third kappa shape index (κ3) is 2.95. The Morgan fingerprint density at radius 3 is 1.22 bits per heavy atom. The fraction of sp³-hybridized carbons (Fsp3) is 0.429. The van der Waals surface area contributed by atoms with E-state index in [1.807, 2.05) is 27.7 Å². The minimum atomic E-state index is 0.610. The van der Waals surface area contributed by atoms with Crippen molar-refractivity contribution < 1.29 is 1.37 Å². The molecule has 0 aliphatic rings. The van der Waals surface area contributed by atoms with Gasteiger partial charge in [-0.2, -0.15) is 0 Å². The third-order valence-corrected chi connectivity index (χ3v) is 5.42. The number of azo groups is 1. The zero-order valence-corrected chi connectivity index (χ0v) is 15.9. The van der Waals surface area contributed by atoms with Crippen LogP contribution in [0.25, 0.3) is 0 Å². The Kier molecular flexibility index (Phi) is 4.34. The number of rotatable bonds is 2. The van der Waals surface area contributed by atoms with E-state index >= 15 is 0 Å². The second kappa shape index (κ2) is 6.27. The average molecular weight is 310 g/mol. The molecule has 0 N–H and O–H groups in total. The molecule has 0 unspecified atom stereocenters. The first-order valence-corrected chi connectivity index (χ1v) is 8.15. The number of benzene rings is 2. The second-order valence-electron chi connectivity index (χ2n) is 6.65. The van der Waals surface area contributed by atoms with Gasteiger partial charge in [-0.25, -0.2) is 0 Å². The summed E-state index contributed by atoms with van der Waals surface area (Å²) in [5.74, 6) is 0. The van der Waals surface area contributed by atoms with Crippen LogP contribution < -0.4 is 0 Å². The van der Waals surface area contributed by atoms with Crippen LogP contribution in [-0.2, 0) is 0 Å². The maximum absolute atomic E-state index is 8.19. The SMILES string of the molecule is [3H]c1c(C)c(C)c(N=Nc2c(C)c(C)c(C)c(C)c2C)c(C)c1C. The van der Waals surface area contributed by atoms with Crippen LogP contribution in [0.3, 0.4) is 0 Å². The molecule has 2 rings (SSSR count). The molecule has 0 bridgehead atoms. The van der Waals surface area contributed by atoms with Crippen LogP contribution >= 0.6 is 0 Å². The molecule has 0 saturated heterocycles. The molecule has 0 atom stereocenters. The first kappa shape index (κ1) is 15.9. The lowest BCUT2D eigenvalue weighted by molar-refractivity contribution is 1.10. The van der Waals surface area contributed by atoms with Gasteiger partial charge in [-0.15, -0.1) is 10.2 Å². The summed E-state index contributed by atoms with van der Waals surface area (Å²) in [4.78, 5) is 0. The minimum absolute atomic E-state index is 0.610. The molecule has 2 nitrogen and oxygen atoms in total. The minimum Gasteiger partial charge on any atom is -0.150 e. The first-order chi connectivity index (χ1) is 11.1. The maximum atomic E-state index is 8.19. The highest BCUT2D eigenvalue weighted by Crippen LogP contribution is 2.35. The normalized spacial score (nSPS) is 12.1. The Labute approximate surface area is 142 Å². The lowest BCUT2D eigenvalue weighted by Crippen LogP contribution is -1.95. The summed E-state index contributed by atoms with van der Waals surface area (Å²) >= 11 is 0. The summed E-state index contributed by atoms with van der Waals surface area (Å²) < 4.78 is 8.19. The smallest absolute Gasteiger partial charge is 0.0920 e. The van der Waals surface area contributed by atoms with E-state index in [2.05, 4.69) is 44.8 Å². The molecule has 0 fully saturated rings. The molecule has 0 radical (unpaired) electrons. The van der Waals surface area contributed by atoms with Gasteiger partial charge in [0.1, 0.15) is 0 Å². The molecule has 0 spiro atoms. The van der Waals surface area contributed by atoms with Gasteiger partial charge < -0.3 is 0 Å². The predicted molar refractivity (Wildman–Crippen MR) is 99.7 cm³/mol. The molecule has 2 aromatic carbocycles. The zero-order chi connectivity index (χ0) is 18.3. The van der Waals surface area contributed by atoms with Crippen molar-refractivity contribution >= 4 is 11.4 Å². The summed E-state index contributed by atoms with van der Waals surface area (Å²) in [5.41, 5.74) is 12.2. The van der Waals surface area contributed by atoms with Gasteiger partial charge in [0.25, 0.3) is 0 Å². The lowest BCUT2D eigenvalue weighted by atomic mass is 9.93. The van der Waals surface area contributed by atoms with Gasteiger partial charge >= 0.3 is 0 Å². The number of nitrogens with zero attached hydrogens (tertiary/aromatic N) is 2. The van der Waals surface area contributed by atoms with E-state index < -0.39 is 0 Å². The Balaban J connectivity index is 2.67. The summed E-state index contributed by atoms with van der Waals surface area (Å²) in [7, 11) is 0. The van der Waals surface area contributed by atoms with Crippen molar-refractivity contribution in [3.63, 3.8) is 0 Å². The molecule has 0 amide bonds. The van der Waals surface area contributed by atoms with Crippen molar-refractivity contribution in [2.45, 2.75) is 62.3 Å². The summed E-state index contributed by atoms with van der Waals surface area (Å²) in [6.45, 7) is 18.7. The van der Waals surface area contributed by atoms with Gasteiger partial charge in [-0.1, -0.05) is 6.04 Å². The summed E-state index contributed by atoms with van der Waals surface area (Å²) in [5, 5.41) is 9.25. The van der Waals surface area contributed by atoms with Gasteiger partial charge in [-0.3, -0.25) is 0 Å². The van der Waals surface area contributed by atoms with E-state index in [9.17, 15) is 0 Å². The van der Waals surface area contributed by atoms with Crippen LogP contribution in [0.15, 0.2) is 16.3 Å². The van der Waals surface area contributed by atoms with Crippen LogP contribution in [-0.4, -0.2) is 0 Å². The molecule has 2 heteroatoms. The van der Waals surface area contributed by atoms with Gasteiger partial charge in [0, 0.05) is 0 Å². The van der Waals surface area contributed by atoms with E-state index in [0.29, 0.717) is 6.04 Å². The van der Waals surface area contributed by atoms with Crippen LogP contribution in [0.2, 0.25) is 0 Å².